The van der Waals surface area contributed by atoms with Gasteiger partial charge in [0.1, 0.15) is 4.34 Å². The smallest absolute Gasteiger partial charge is 0.286 e. The summed E-state index contributed by atoms with van der Waals surface area (Å²) in [5, 5.41) is 8.81. The van der Waals surface area contributed by atoms with Crippen molar-refractivity contribution in [2.24, 2.45) is 0 Å². The lowest BCUT2D eigenvalue weighted by atomic mass is 10.1. The standard InChI is InChI=1S/C22H12ClF3N2O2S/c23-21-16(6-5-13-1-3-14(10-27)4-2-13)9-19(31-21)18(29)8-15-7-17(24)22(30)28(11-15)12-20(25)26/h1-4,7,9,11,20H,8,12H2. The SMILES string of the molecule is N#Cc1ccc(C#Cc2cc(C(=O)Cc3cc(F)c(=O)n(CC(F)F)c3)sc2Cl)cc1. The van der Waals surface area contributed by atoms with Crippen LogP contribution in [0.1, 0.15) is 31.9 Å². The number of nitrogens with zero attached hydrogens (tertiary/aromatic N) is 2. The summed E-state index contributed by atoms with van der Waals surface area (Å²) >= 11 is 7.16. The highest BCUT2D eigenvalue weighted by Gasteiger charge is 2.16. The Labute approximate surface area is 184 Å². The van der Waals surface area contributed by atoms with Crippen LogP contribution in [0.2, 0.25) is 4.34 Å². The first kappa shape index (κ1) is 22.4. The number of halogens is 4. The van der Waals surface area contributed by atoms with Crippen molar-refractivity contribution in [1.82, 2.24) is 4.57 Å². The molecule has 9 heteroatoms. The van der Waals surface area contributed by atoms with Gasteiger partial charge in [0.15, 0.2) is 11.6 Å². The first-order chi connectivity index (χ1) is 14.8. The van der Waals surface area contributed by atoms with E-state index >= 15 is 0 Å². The number of alkyl halides is 2. The number of ketones is 1. The number of thiophene rings is 1. The maximum Gasteiger partial charge on any atom is 0.286 e. The normalized spacial score (nSPS) is 10.5. The number of nitriles is 1. The zero-order chi connectivity index (χ0) is 22.5. The fraction of sp³-hybridized carbons (Fsp3) is 0.136. The van der Waals surface area contributed by atoms with E-state index in [0.717, 1.165) is 23.6 Å². The van der Waals surface area contributed by atoms with Crippen molar-refractivity contribution in [3.63, 3.8) is 0 Å². The predicted molar refractivity (Wildman–Crippen MR) is 111 cm³/mol. The summed E-state index contributed by atoms with van der Waals surface area (Å²) < 4.78 is 39.8. The van der Waals surface area contributed by atoms with E-state index in [0.29, 0.717) is 25.6 Å². The number of benzene rings is 1. The van der Waals surface area contributed by atoms with E-state index in [1.807, 2.05) is 6.07 Å². The number of hydrogen-bond donors (Lipinski definition) is 0. The van der Waals surface area contributed by atoms with Gasteiger partial charge in [-0.3, -0.25) is 9.59 Å². The minimum Gasteiger partial charge on any atom is -0.307 e. The van der Waals surface area contributed by atoms with Crippen molar-refractivity contribution in [3.8, 4) is 17.9 Å². The van der Waals surface area contributed by atoms with Gasteiger partial charge in [-0.15, -0.1) is 11.3 Å². The Morgan fingerprint density at radius 1 is 1.16 bits per heavy atom. The van der Waals surface area contributed by atoms with Crippen LogP contribution in [0.25, 0.3) is 0 Å². The Morgan fingerprint density at radius 3 is 2.48 bits per heavy atom. The van der Waals surface area contributed by atoms with Gasteiger partial charge in [-0.05, 0) is 42.0 Å². The van der Waals surface area contributed by atoms with Crippen LogP contribution >= 0.6 is 22.9 Å². The Balaban J connectivity index is 1.80. The molecule has 0 fully saturated rings. The number of rotatable bonds is 5. The highest BCUT2D eigenvalue weighted by atomic mass is 35.5. The fourth-order valence-corrected chi connectivity index (χ4v) is 3.80. The maximum atomic E-state index is 13.8. The molecule has 2 heterocycles. The molecule has 0 unspecified atom stereocenters. The molecule has 1 aromatic carbocycles. The van der Waals surface area contributed by atoms with Crippen molar-refractivity contribution in [3.05, 3.63) is 90.2 Å². The molecule has 4 nitrogen and oxygen atoms in total. The van der Waals surface area contributed by atoms with Crippen molar-refractivity contribution >= 4 is 28.7 Å². The van der Waals surface area contributed by atoms with Crippen LogP contribution < -0.4 is 5.56 Å². The van der Waals surface area contributed by atoms with Crippen LogP contribution in [0.3, 0.4) is 0 Å². The minimum absolute atomic E-state index is 0.0949. The molecular formula is C22H12ClF3N2O2S. The topological polar surface area (TPSA) is 62.9 Å². The highest BCUT2D eigenvalue weighted by Crippen LogP contribution is 2.28. The van der Waals surface area contributed by atoms with Gasteiger partial charge in [-0.2, -0.15) is 5.26 Å². The Hall–Kier alpha value is -3.33. The van der Waals surface area contributed by atoms with Gasteiger partial charge in [0.25, 0.3) is 12.0 Å². The Morgan fingerprint density at radius 2 is 1.84 bits per heavy atom. The van der Waals surface area contributed by atoms with Crippen molar-refractivity contribution in [2.75, 3.05) is 0 Å². The van der Waals surface area contributed by atoms with E-state index in [1.54, 1.807) is 24.3 Å². The van der Waals surface area contributed by atoms with Gasteiger partial charge >= 0.3 is 0 Å². The number of pyridine rings is 1. The first-order valence-corrected chi connectivity index (χ1v) is 9.98. The summed E-state index contributed by atoms with van der Waals surface area (Å²) in [5.74, 6) is 4.12. The second-order valence-corrected chi connectivity index (χ2v) is 8.04. The summed E-state index contributed by atoms with van der Waals surface area (Å²) in [6, 6.07) is 11.0. The third kappa shape index (κ3) is 5.64. The van der Waals surface area contributed by atoms with E-state index in [9.17, 15) is 22.8 Å². The third-order valence-corrected chi connectivity index (χ3v) is 5.52. The van der Waals surface area contributed by atoms with Crippen LogP contribution in [0.15, 0.2) is 47.4 Å². The van der Waals surface area contributed by atoms with Gasteiger partial charge < -0.3 is 4.57 Å². The van der Waals surface area contributed by atoms with E-state index in [4.69, 9.17) is 16.9 Å². The molecule has 0 radical (unpaired) electrons. The number of carbonyl (C=O) groups is 1. The van der Waals surface area contributed by atoms with Gasteiger partial charge in [0.2, 0.25) is 0 Å². The van der Waals surface area contributed by atoms with E-state index in [2.05, 4.69) is 11.8 Å². The number of Topliss-reactive ketones (excluding diaryl/α,β-unsaturated/α-hetero) is 1. The molecule has 3 rings (SSSR count). The van der Waals surface area contributed by atoms with Crippen molar-refractivity contribution in [1.29, 1.82) is 5.26 Å². The Bertz CT molecular complexity index is 1300. The molecule has 0 amide bonds. The highest BCUT2D eigenvalue weighted by molar-refractivity contribution is 7.18. The predicted octanol–water partition coefficient (Wildman–Crippen LogP) is 4.66. The average Bonchev–Trinajstić information content (AvgIpc) is 3.11. The van der Waals surface area contributed by atoms with Crippen molar-refractivity contribution < 1.29 is 18.0 Å². The fourth-order valence-electron chi connectivity index (χ4n) is 2.67. The lowest BCUT2D eigenvalue weighted by Gasteiger charge is -2.08. The largest absolute Gasteiger partial charge is 0.307 e. The molecule has 0 saturated heterocycles. The van der Waals surface area contributed by atoms with Crippen molar-refractivity contribution in [2.45, 2.75) is 19.4 Å². The second kappa shape index (κ2) is 9.65. The average molecular weight is 461 g/mol. The number of aromatic nitrogens is 1. The molecule has 3 aromatic rings. The van der Waals surface area contributed by atoms with E-state index < -0.39 is 30.1 Å². The zero-order valence-corrected chi connectivity index (χ0v) is 17.2. The molecule has 0 saturated carbocycles. The molecule has 31 heavy (non-hydrogen) atoms. The molecule has 0 N–H and O–H groups in total. The van der Waals surface area contributed by atoms with Crippen LogP contribution in [0.4, 0.5) is 13.2 Å². The van der Waals surface area contributed by atoms with E-state index in [-0.39, 0.29) is 16.9 Å². The molecule has 0 aliphatic rings. The monoisotopic (exact) mass is 460 g/mol. The van der Waals surface area contributed by atoms with Crippen LogP contribution in [0.5, 0.6) is 0 Å². The van der Waals surface area contributed by atoms with Crippen LogP contribution in [-0.2, 0) is 13.0 Å². The van der Waals surface area contributed by atoms with Gasteiger partial charge in [0.05, 0.1) is 28.6 Å². The molecule has 156 valence electrons. The maximum absolute atomic E-state index is 13.8. The summed E-state index contributed by atoms with van der Waals surface area (Å²) in [4.78, 5) is 24.4. The molecule has 0 spiro atoms. The van der Waals surface area contributed by atoms with Crippen LogP contribution in [0, 0.1) is 29.0 Å². The number of carbonyl (C=O) groups excluding carboxylic acids is 1. The van der Waals surface area contributed by atoms with Crippen LogP contribution in [-0.4, -0.2) is 16.8 Å². The van der Waals surface area contributed by atoms with Gasteiger partial charge in [0, 0.05) is 18.2 Å². The molecule has 0 aliphatic carbocycles. The lowest BCUT2D eigenvalue weighted by molar-refractivity contribution is 0.0996. The number of hydrogen-bond acceptors (Lipinski definition) is 4. The summed E-state index contributed by atoms with van der Waals surface area (Å²) in [7, 11) is 0. The molecule has 0 atom stereocenters. The zero-order valence-electron chi connectivity index (χ0n) is 15.7. The second-order valence-electron chi connectivity index (χ2n) is 6.38. The molecule has 2 aromatic heterocycles. The van der Waals surface area contributed by atoms with Gasteiger partial charge in [-0.1, -0.05) is 23.4 Å². The molecule has 0 aliphatic heterocycles. The first-order valence-electron chi connectivity index (χ1n) is 8.78. The molecular weight excluding hydrogens is 449 g/mol. The summed E-state index contributed by atoms with van der Waals surface area (Å²) in [5.41, 5.74) is 0.510. The lowest BCUT2D eigenvalue weighted by Crippen LogP contribution is -2.26. The minimum atomic E-state index is -2.84. The summed E-state index contributed by atoms with van der Waals surface area (Å²) in [6.45, 7) is -0.961. The Kier molecular flexibility index (Phi) is 6.96. The quantitative estimate of drug-likeness (QED) is 0.411. The molecule has 0 bridgehead atoms. The summed E-state index contributed by atoms with van der Waals surface area (Å²) in [6.07, 6.45) is -2.08. The van der Waals surface area contributed by atoms with Gasteiger partial charge in [-0.25, -0.2) is 13.2 Å². The van der Waals surface area contributed by atoms with E-state index in [1.165, 1.54) is 6.07 Å². The third-order valence-electron chi connectivity index (χ3n) is 4.12.